The molecule has 3 heterocycles. The van der Waals surface area contributed by atoms with Crippen molar-refractivity contribution in [2.24, 2.45) is 0 Å². The fourth-order valence-corrected chi connectivity index (χ4v) is 5.18. The van der Waals surface area contributed by atoms with Crippen LogP contribution in [-0.2, 0) is 0 Å². The molecule has 12 heteroatoms. The maximum atomic E-state index is 14.6. The molecule has 202 valence electrons. The van der Waals surface area contributed by atoms with E-state index in [1.165, 1.54) is 23.7 Å². The smallest absolute Gasteiger partial charge is 0.378 e. The van der Waals surface area contributed by atoms with Gasteiger partial charge in [0.15, 0.2) is 0 Å². The molecule has 1 amide bonds. The van der Waals surface area contributed by atoms with Crippen molar-refractivity contribution in [3.63, 3.8) is 0 Å². The average Bonchev–Trinajstić information content (AvgIpc) is 3.20. The van der Waals surface area contributed by atoms with Crippen LogP contribution in [0.1, 0.15) is 22.3 Å². The van der Waals surface area contributed by atoms with E-state index in [9.17, 15) is 22.4 Å². The van der Waals surface area contributed by atoms with Crippen LogP contribution in [0.15, 0.2) is 47.6 Å². The van der Waals surface area contributed by atoms with Gasteiger partial charge in [-0.1, -0.05) is 23.4 Å². The van der Waals surface area contributed by atoms with E-state index in [1.54, 1.807) is 30.3 Å². The van der Waals surface area contributed by atoms with Crippen LogP contribution < -0.4 is 16.0 Å². The van der Waals surface area contributed by atoms with E-state index >= 15 is 0 Å². The number of likely N-dealkylation sites (tertiary alicyclic amines) is 1. The Morgan fingerprint density at radius 2 is 2.03 bits per heavy atom. The van der Waals surface area contributed by atoms with Crippen molar-refractivity contribution in [1.82, 2.24) is 14.6 Å². The number of hydrogen-bond donors (Lipinski definition) is 3. The first kappa shape index (κ1) is 28.0. The highest BCUT2D eigenvalue weighted by molar-refractivity contribution is 8.00. The molecule has 0 unspecified atom stereocenters. The predicted molar refractivity (Wildman–Crippen MR) is 144 cm³/mol. The number of aromatic nitrogens is 1. The summed E-state index contributed by atoms with van der Waals surface area (Å²) in [5, 5.41) is 8.96. The van der Waals surface area contributed by atoms with E-state index in [0.717, 1.165) is 6.54 Å². The minimum atomic E-state index is -4.52. The first-order valence-corrected chi connectivity index (χ1v) is 13.0. The molecule has 1 aliphatic rings. The Hall–Kier alpha value is -3.07. The molecule has 0 saturated carbocycles. The zero-order valence-corrected chi connectivity index (χ0v) is 22.2. The number of fused-ring (bicyclic) bond motifs is 1. The topological polar surface area (TPSA) is 60.8 Å². The number of halogens is 5. The van der Waals surface area contributed by atoms with E-state index in [1.807, 2.05) is 11.9 Å². The number of thioether (sulfide) groups is 1. The van der Waals surface area contributed by atoms with Gasteiger partial charge in [0.1, 0.15) is 11.2 Å². The molecule has 2 aromatic heterocycles. The van der Waals surface area contributed by atoms with Gasteiger partial charge >= 0.3 is 5.51 Å². The molecule has 0 aliphatic carbocycles. The number of anilines is 2. The van der Waals surface area contributed by atoms with Crippen LogP contribution >= 0.6 is 23.4 Å². The SMILES string of the molecule is CNC(=O)c1ccc(NCC#Cc2cc3c(N[C@@H]4CCN(C)C[C@@H]4F)cccn3c2SC(F)(F)F)c(Cl)c1. The van der Waals surface area contributed by atoms with E-state index in [-0.39, 0.29) is 34.8 Å². The lowest BCUT2D eigenvalue weighted by molar-refractivity contribution is -0.0329. The number of pyridine rings is 1. The van der Waals surface area contributed by atoms with Gasteiger partial charge in [0.05, 0.1) is 40.1 Å². The Morgan fingerprint density at radius 3 is 2.71 bits per heavy atom. The molecule has 3 N–H and O–H groups in total. The quantitative estimate of drug-likeness (QED) is 0.209. The van der Waals surface area contributed by atoms with Crippen LogP contribution in [0, 0.1) is 11.8 Å². The molecule has 1 fully saturated rings. The lowest BCUT2D eigenvalue weighted by atomic mass is 10.0. The van der Waals surface area contributed by atoms with Gasteiger partial charge in [-0.3, -0.25) is 4.79 Å². The number of carbonyl (C=O) groups is 1. The summed E-state index contributed by atoms with van der Waals surface area (Å²) < 4.78 is 56.3. The monoisotopic (exact) mass is 567 g/mol. The Morgan fingerprint density at radius 1 is 1.24 bits per heavy atom. The number of hydrogen-bond acceptors (Lipinski definition) is 5. The van der Waals surface area contributed by atoms with Crippen LogP contribution in [0.2, 0.25) is 5.02 Å². The zero-order valence-electron chi connectivity index (χ0n) is 20.6. The van der Waals surface area contributed by atoms with Crippen LogP contribution in [0.3, 0.4) is 0 Å². The highest BCUT2D eigenvalue weighted by atomic mass is 35.5. The molecule has 6 nitrogen and oxygen atoms in total. The fraction of sp³-hybridized carbons (Fsp3) is 0.346. The van der Waals surface area contributed by atoms with E-state index < -0.39 is 17.7 Å². The Bertz CT molecular complexity index is 1380. The molecule has 3 aromatic rings. The Labute approximate surface area is 227 Å². The van der Waals surface area contributed by atoms with Crippen LogP contribution in [-0.4, -0.2) is 66.7 Å². The van der Waals surface area contributed by atoms with Crippen molar-refractivity contribution in [3.05, 3.63) is 58.7 Å². The van der Waals surface area contributed by atoms with Crippen LogP contribution in [0.25, 0.3) is 5.52 Å². The minimum absolute atomic E-state index is 0.0724. The van der Waals surface area contributed by atoms with E-state index in [2.05, 4.69) is 27.8 Å². The first-order chi connectivity index (χ1) is 18.1. The highest BCUT2D eigenvalue weighted by Gasteiger charge is 2.33. The highest BCUT2D eigenvalue weighted by Crippen LogP contribution is 2.40. The lowest BCUT2D eigenvalue weighted by Gasteiger charge is -2.33. The molecule has 0 bridgehead atoms. The summed E-state index contributed by atoms with van der Waals surface area (Å²) in [4.78, 5) is 13.6. The fourth-order valence-electron chi connectivity index (χ4n) is 4.24. The third kappa shape index (κ3) is 6.67. The molecular weight excluding hydrogens is 542 g/mol. The molecule has 0 radical (unpaired) electrons. The van der Waals surface area contributed by atoms with Crippen molar-refractivity contribution in [2.45, 2.75) is 29.2 Å². The van der Waals surface area contributed by atoms with Crippen molar-refractivity contribution in [1.29, 1.82) is 0 Å². The molecule has 38 heavy (non-hydrogen) atoms. The molecule has 0 spiro atoms. The number of alkyl halides is 4. The summed E-state index contributed by atoms with van der Waals surface area (Å²) in [5.41, 5.74) is -2.37. The number of amides is 1. The number of carbonyl (C=O) groups excluding carboxylic acids is 1. The Balaban J connectivity index is 1.58. The molecule has 1 saturated heterocycles. The number of rotatable bonds is 6. The average molecular weight is 568 g/mol. The first-order valence-electron chi connectivity index (χ1n) is 11.8. The van der Waals surface area contributed by atoms with Crippen molar-refractivity contribution in [3.8, 4) is 11.8 Å². The van der Waals surface area contributed by atoms with Gasteiger partial charge in [0.2, 0.25) is 0 Å². The molecular formula is C26H26ClF4N5OS. The summed E-state index contributed by atoms with van der Waals surface area (Å²) in [7, 11) is 3.37. The third-order valence-electron chi connectivity index (χ3n) is 6.11. The van der Waals surface area contributed by atoms with Gasteiger partial charge in [-0.05, 0) is 49.9 Å². The van der Waals surface area contributed by atoms with Crippen molar-refractivity contribution >= 4 is 46.2 Å². The van der Waals surface area contributed by atoms with Crippen molar-refractivity contribution < 1.29 is 22.4 Å². The van der Waals surface area contributed by atoms with Crippen molar-refractivity contribution in [2.75, 3.05) is 44.4 Å². The van der Waals surface area contributed by atoms with Gasteiger partial charge < -0.3 is 25.3 Å². The number of nitrogens with zero attached hydrogens (tertiary/aromatic N) is 2. The van der Waals surface area contributed by atoms with Crippen LogP contribution in [0.5, 0.6) is 0 Å². The summed E-state index contributed by atoms with van der Waals surface area (Å²) >= 11 is 5.99. The summed E-state index contributed by atoms with van der Waals surface area (Å²) in [6, 6.07) is 9.23. The number of nitrogens with one attached hydrogen (secondary N) is 3. The number of benzene rings is 1. The van der Waals surface area contributed by atoms with E-state index in [0.29, 0.717) is 40.4 Å². The largest absolute Gasteiger partial charge is 0.447 e. The van der Waals surface area contributed by atoms with Gasteiger partial charge in [-0.25, -0.2) is 4.39 Å². The predicted octanol–water partition coefficient (Wildman–Crippen LogP) is 5.48. The molecule has 2 atom stereocenters. The van der Waals surface area contributed by atoms with Crippen LogP contribution in [0.4, 0.5) is 28.9 Å². The molecule has 1 aliphatic heterocycles. The Kier molecular flexibility index (Phi) is 8.65. The summed E-state index contributed by atoms with van der Waals surface area (Å²) in [6.45, 7) is 1.12. The summed E-state index contributed by atoms with van der Waals surface area (Å²) in [5.74, 6) is 5.40. The van der Waals surface area contributed by atoms with Gasteiger partial charge in [0, 0.05) is 43.7 Å². The lowest BCUT2D eigenvalue weighted by Crippen LogP contribution is -2.46. The van der Waals surface area contributed by atoms with Gasteiger partial charge in [-0.15, -0.1) is 0 Å². The number of piperidine rings is 1. The van der Waals surface area contributed by atoms with Gasteiger partial charge in [0.25, 0.3) is 5.91 Å². The standard InChI is InChI=1S/C26H26ClF4N5OS/c1-32-24(37)16-7-8-20(18(27)13-16)33-10-3-5-17-14-23-22(34-21-9-12-35(2)15-19(21)28)6-4-11-36(23)25(17)38-26(29,30)31/h4,6-8,11,13-14,19,21,33-34H,9-10,12,15H2,1-2H3,(H,32,37)/t19-,21+/m0/s1. The third-order valence-corrected chi connectivity index (χ3v) is 7.26. The second-order valence-electron chi connectivity index (χ2n) is 8.83. The normalized spacial score (nSPS) is 18.1. The second kappa shape index (κ2) is 11.8. The van der Waals surface area contributed by atoms with E-state index in [4.69, 9.17) is 11.6 Å². The second-order valence-corrected chi connectivity index (χ2v) is 10.3. The summed E-state index contributed by atoms with van der Waals surface area (Å²) in [6.07, 6.45) is 1.01. The maximum Gasteiger partial charge on any atom is 0.447 e. The zero-order chi connectivity index (χ0) is 27.4. The molecule has 1 aromatic carbocycles. The molecule has 4 rings (SSSR count). The van der Waals surface area contributed by atoms with Gasteiger partial charge in [-0.2, -0.15) is 13.2 Å². The maximum absolute atomic E-state index is 14.6. The minimum Gasteiger partial charge on any atom is -0.378 e.